The number of rotatable bonds is 0. The Bertz CT molecular complexity index is 226. The van der Waals surface area contributed by atoms with E-state index in [1.165, 1.54) is 24.0 Å². The molecule has 2 atom stereocenters. The van der Waals surface area contributed by atoms with Crippen LogP contribution in [0.4, 0.5) is 0 Å². The van der Waals surface area contributed by atoms with Gasteiger partial charge in [0.05, 0.1) is 0 Å². The van der Waals surface area contributed by atoms with Crippen LogP contribution >= 0.6 is 0 Å². The molecule has 1 heteroatoms. The minimum atomic E-state index is 0.493. The second-order valence-corrected chi connectivity index (χ2v) is 4.44. The highest BCUT2D eigenvalue weighted by molar-refractivity contribution is 5.81. The monoisotopic (exact) mass is 164 g/mol. The molecule has 0 heterocycles. The third kappa shape index (κ3) is 1.21. The number of hydrogen-bond donors (Lipinski definition) is 0. The van der Waals surface area contributed by atoms with Gasteiger partial charge in [-0.05, 0) is 38.5 Å². The molecule has 2 rings (SSSR count). The number of fused-ring (bicyclic) bond motifs is 1. The van der Waals surface area contributed by atoms with Gasteiger partial charge in [-0.3, -0.25) is 4.79 Å². The van der Waals surface area contributed by atoms with Crippen LogP contribution < -0.4 is 0 Å². The molecule has 1 fully saturated rings. The molecule has 0 aromatic carbocycles. The first-order valence-corrected chi connectivity index (χ1v) is 4.83. The van der Waals surface area contributed by atoms with E-state index in [-0.39, 0.29) is 0 Å². The molecule has 0 N–H and O–H groups in total. The molecule has 2 unspecified atom stereocenters. The Hall–Kier alpha value is -0.590. The van der Waals surface area contributed by atoms with Crippen LogP contribution in [0.2, 0.25) is 0 Å². The maximum Gasteiger partial charge on any atom is 0.133 e. The van der Waals surface area contributed by atoms with Gasteiger partial charge in [0.1, 0.15) is 5.78 Å². The summed E-state index contributed by atoms with van der Waals surface area (Å²) in [5, 5.41) is 0. The molecule has 1 nitrogen and oxygen atoms in total. The second-order valence-electron chi connectivity index (χ2n) is 4.44. The van der Waals surface area contributed by atoms with Crippen molar-refractivity contribution in [3.05, 3.63) is 11.1 Å². The summed E-state index contributed by atoms with van der Waals surface area (Å²) in [7, 11) is 0. The van der Waals surface area contributed by atoms with E-state index in [0.29, 0.717) is 17.6 Å². The Morgan fingerprint density at radius 3 is 1.75 bits per heavy atom. The van der Waals surface area contributed by atoms with Crippen LogP contribution in [0.25, 0.3) is 0 Å². The number of carbonyl (C=O) groups is 1. The van der Waals surface area contributed by atoms with E-state index in [1.54, 1.807) is 0 Å². The van der Waals surface area contributed by atoms with Crippen LogP contribution in [-0.4, -0.2) is 5.78 Å². The summed E-state index contributed by atoms with van der Waals surface area (Å²) >= 11 is 0. The smallest absolute Gasteiger partial charge is 0.133 e. The molecule has 0 radical (unpaired) electrons. The molecular weight excluding hydrogens is 148 g/mol. The quantitative estimate of drug-likeness (QED) is 0.503. The average molecular weight is 164 g/mol. The minimum Gasteiger partial charge on any atom is -0.300 e. The zero-order valence-electron chi connectivity index (χ0n) is 7.89. The van der Waals surface area contributed by atoms with E-state index in [9.17, 15) is 4.79 Å². The summed E-state index contributed by atoms with van der Waals surface area (Å²) in [4.78, 5) is 11.2. The van der Waals surface area contributed by atoms with Crippen molar-refractivity contribution >= 4 is 5.78 Å². The zero-order valence-corrected chi connectivity index (χ0v) is 7.89. The molecule has 1 saturated carbocycles. The van der Waals surface area contributed by atoms with Gasteiger partial charge < -0.3 is 0 Å². The van der Waals surface area contributed by atoms with Crippen molar-refractivity contribution in [3.8, 4) is 0 Å². The van der Waals surface area contributed by atoms with Crippen LogP contribution in [0.3, 0.4) is 0 Å². The normalized spacial score (nSPS) is 35.7. The number of carbonyl (C=O) groups excluding carboxylic acids is 1. The lowest BCUT2D eigenvalue weighted by molar-refractivity contribution is -0.117. The van der Waals surface area contributed by atoms with Gasteiger partial charge in [0, 0.05) is 12.8 Å². The van der Waals surface area contributed by atoms with Crippen LogP contribution in [0.15, 0.2) is 11.1 Å². The van der Waals surface area contributed by atoms with E-state index in [4.69, 9.17) is 0 Å². The predicted molar refractivity (Wildman–Crippen MR) is 48.8 cm³/mol. The first-order chi connectivity index (χ1) is 5.66. The van der Waals surface area contributed by atoms with Gasteiger partial charge in [0.25, 0.3) is 0 Å². The average Bonchev–Trinajstić information content (AvgIpc) is 2.30. The van der Waals surface area contributed by atoms with Gasteiger partial charge in [-0.1, -0.05) is 11.1 Å². The van der Waals surface area contributed by atoms with Gasteiger partial charge in [0.2, 0.25) is 0 Å². The van der Waals surface area contributed by atoms with Gasteiger partial charge in [0.15, 0.2) is 0 Å². The molecule has 0 amide bonds. The van der Waals surface area contributed by atoms with Crippen LogP contribution in [0.1, 0.15) is 39.5 Å². The van der Waals surface area contributed by atoms with Crippen LogP contribution in [0, 0.1) is 11.8 Å². The first-order valence-electron chi connectivity index (χ1n) is 4.83. The Kier molecular flexibility index (Phi) is 1.82. The van der Waals surface area contributed by atoms with E-state index in [0.717, 1.165) is 12.8 Å². The number of Topliss-reactive ketones (excluding diaryl/α,β-unsaturated/α-hetero) is 1. The van der Waals surface area contributed by atoms with E-state index >= 15 is 0 Å². The third-order valence-electron chi connectivity index (χ3n) is 3.51. The first kappa shape index (κ1) is 8.03. The van der Waals surface area contributed by atoms with Crippen molar-refractivity contribution in [2.45, 2.75) is 39.5 Å². The minimum absolute atomic E-state index is 0.493. The molecule has 0 aromatic rings. The standard InChI is InChI=1S/C11H16O/c1-7-3-9-5-11(12)6-10(9)4-8(7)2/h9-10H,3-6H2,1-2H3. The largest absolute Gasteiger partial charge is 0.300 e. The van der Waals surface area contributed by atoms with Crippen molar-refractivity contribution in [1.29, 1.82) is 0 Å². The van der Waals surface area contributed by atoms with Gasteiger partial charge in [-0.15, -0.1) is 0 Å². The maximum atomic E-state index is 11.2. The summed E-state index contributed by atoms with van der Waals surface area (Å²) in [5.41, 5.74) is 3.07. The highest BCUT2D eigenvalue weighted by atomic mass is 16.1. The Balaban J connectivity index is 2.17. The fraction of sp³-hybridized carbons (Fsp3) is 0.727. The highest BCUT2D eigenvalue weighted by Gasteiger charge is 2.35. The van der Waals surface area contributed by atoms with Crippen molar-refractivity contribution in [3.63, 3.8) is 0 Å². The van der Waals surface area contributed by atoms with Gasteiger partial charge >= 0.3 is 0 Å². The van der Waals surface area contributed by atoms with E-state index < -0.39 is 0 Å². The molecule has 66 valence electrons. The summed E-state index contributed by atoms with van der Waals surface area (Å²) in [6, 6.07) is 0. The fourth-order valence-corrected chi connectivity index (χ4v) is 2.61. The Morgan fingerprint density at radius 1 is 0.917 bits per heavy atom. The summed E-state index contributed by atoms with van der Waals surface area (Å²) in [5.74, 6) is 1.88. The Morgan fingerprint density at radius 2 is 1.33 bits per heavy atom. The van der Waals surface area contributed by atoms with Gasteiger partial charge in [-0.25, -0.2) is 0 Å². The van der Waals surface area contributed by atoms with Crippen molar-refractivity contribution in [1.82, 2.24) is 0 Å². The molecule has 2 aliphatic carbocycles. The Labute approximate surface area is 73.8 Å². The lowest BCUT2D eigenvalue weighted by Gasteiger charge is -2.26. The van der Waals surface area contributed by atoms with Crippen molar-refractivity contribution in [2.24, 2.45) is 11.8 Å². The molecular formula is C11H16O. The molecule has 0 bridgehead atoms. The topological polar surface area (TPSA) is 17.1 Å². The zero-order chi connectivity index (χ0) is 8.72. The second kappa shape index (κ2) is 2.72. The highest BCUT2D eigenvalue weighted by Crippen LogP contribution is 2.42. The molecule has 0 saturated heterocycles. The fourth-order valence-electron chi connectivity index (χ4n) is 2.61. The predicted octanol–water partition coefficient (Wildman–Crippen LogP) is 2.71. The molecule has 0 aromatic heterocycles. The summed E-state index contributed by atoms with van der Waals surface area (Å²) in [6.45, 7) is 4.43. The maximum absolute atomic E-state index is 11.2. The number of hydrogen-bond acceptors (Lipinski definition) is 1. The molecule has 0 spiro atoms. The van der Waals surface area contributed by atoms with Crippen LogP contribution in [0.5, 0.6) is 0 Å². The van der Waals surface area contributed by atoms with E-state index in [2.05, 4.69) is 13.8 Å². The number of allylic oxidation sites excluding steroid dienone is 2. The van der Waals surface area contributed by atoms with Crippen LogP contribution in [-0.2, 0) is 4.79 Å². The van der Waals surface area contributed by atoms with Crippen molar-refractivity contribution in [2.75, 3.05) is 0 Å². The molecule has 0 aliphatic heterocycles. The molecule has 2 aliphatic rings. The van der Waals surface area contributed by atoms with E-state index in [1.807, 2.05) is 0 Å². The lowest BCUT2D eigenvalue weighted by atomic mass is 9.79. The van der Waals surface area contributed by atoms with Gasteiger partial charge in [-0.2, -0.15) is 0 Å². The molecule has 12 heavy (non-hydrogen) atoms. The SMILES string of the molecule is CC1=C(C)CC2CC(=O)CC2C1. The lowest BCUT2D eigenvalue weighted by Crippen LogP contribution is -2.14. The number of ketones is 1. The third-order valence-corrected chi connectivity index (χ3v) is 3.51. The summed E-state index contributed by atoms with van der Waals surface area (Å²) in [6.07, 6.45) is 4.08. The van der Waals surface area contributed by atoms with Crippen molar-refractivity contribution < 1.29 is 4.79 Å². The summed E-state index contributed by atoms with van der Waals surface area (Å²) < 4.78 is 0.